The van der Waals surface area contributed by atoms with E-state index < -0.39 is 0 Å². The predicted molar refractivity (Wildman–Crippen MR) is 71.4 cm³/mol. The first kappa shape index (κ1) is 12.7. The van der Waals surface area contributed by atoms with Gasteiger partial charge >= 0.3 is 5.69 Å². The van der Waals surface area contributed by atoms with Gasteiger partial charge in [0.2, 0.25) is 0 Å². The van der Waals surface area contributed by atoms with Crippen molar-refractivity contribution in [3.05, 3.63) is 34.5 Å². The number of hydrogen-bond donors (Lipinski definition) is 2. The van der Waals surface area contributed by atoms with Gasteiger partial charge in [-0.1, -0.05) is 11.8 Å². The van der Waals surface area contributed by atoms with Gasteiger partial charge in [-0.2, -0.15) is 0 Å². The summed E-state index contributed by atoms with van der Waals surface area (Å²) >= 11 is 1.46. The second kappa shape index (κ2) is 5.26. The number of H-pyrrole nitrogens is 1. The Labute approximate surface area is 109 Å². The molecule has 0 amide bonds. The number of aromatic nitrogens is 4. The first-order valence-corrected chi connectivity index (χ1v) is 6.56. The van der Waals surface area contributed by atoms with Crippen molar-refractivity contribution in [3.63, 3.8) is 0 Å². The molecule has 96 valence electrons. The molecule has 6 nitrogen and oxygen atoms in total. The lowest BCUT2D eigenvalue weighted by Crippen LogP contribution is -2.19. The Morgan fingerprint density at radius 2 is 2.33 bits per heavy atom. The molecule has 2 rings (SSSR count). The average molecular weight is 265 g/mol. The predicted octanol–water partition coefficient (Wildman–Crippen LogP) is 1.42. The average Bonchev–Trinajstić information content (AvgIpc) is 2.68. The number of rotatable bonds is 4. The molecule has 2 aromatic heterocycles. The summed E-state index contributed by atoms with van der Waals surface area (Å²) in [7, 11) is 0. The second-order valence-corrected chi connectivity index (χ2v) is 5.09. The maximum absolute atomic E-state index is 11.5. The van der Waals surface area contributed by atoms with Crippen molar-refractivity contribution in [2.75, 3.05) is 5.73 Å². The van der Waals surface area contributed by atoms with Crippen molar-refractivity contribution >= 4 is 17.4 Å². The van der Waals surface area contributed by atoms with Gasteiger partial charge in [0, 0.05) is 23.7 Å². The zero-order valence-corrected chi connectivity index (χ0v) is 11.1. The molecule has 0 spiro atoms. The van der Waals surface area contributed by atoms with E-state index in [1.54, 1.807) is 16.8 Å². The number of nitrogens with zero attached hydrogens (tertiary/aromatic N) is 3. The summed E-state index contributed by atoms with van der Waals surface area (Å²) in [6.07, 6.45) is 1.67. The monoisotopic (exact) mass is 265 g/mol. The van der Waals surface area contributed by atoms with Crippen molar-refractivity contribution in [3.8, 4) is 0 Å². The molecular formula is C11H15N5OS. The number of pyridine rings is 1. The Bertz CT molecular complexity index is 589. The van der Waals surface area contributed by atoms with Crippen molar-refractivity contribution in [2.45, 2.75) is 30.8 Å². The Morgan fingerprint density at radius 1 is 1.56 bits per heavy atom. The molecule has 2 heterocycles. The summed E-state index contributed by atoms with van der Waals surface area (Å²) in [6.45, 7) is 3.89. The molecule has 3 N–H and O–H groups in total. The number of nitrogens with one attached hydrogen (secondary N) is 1. The minimum absolute atomic E-state index is 0.0764. The highest BCUT2D eigenvalue weighted by Gasteiger charge is 2.11. The quantitative estimate of drug-likeness (QED) is 0.816. The highest BCUT2D eigenvalue weighted by atomic mass is 32.2. The van der Waals surface area contributed by atoms with Gasteiger partial charge in [-0.25, -0.2) is 9.89 Å². The summed E-state index contributed by atoms with van der Waals surface area (Å²) in [5, 5.41) is 7.13. The van der Waals surface area contributed by atoms with Crippen molar-refractivity contribution < 1.29 is 0 Å². The third-order valence-corrected chi connectivity index (χ3v) is 3.36. The summed E-state index contributed by atoms with van der Waals surface area (Å²) < 4.78 is 1.62. The zero-order chi connectivity index (χ0) is 13.1. The molecule has 0 fully saturated rings. The smallest absolute Gasteiger partial charge is 0.344 e. The van der Waals surface area contributed by atoms with Crippen LogP contribution in [-0.4, -0.2) is 19.7 Å². The van der Waals surface area contributed by atoms with E-state index in [-0.39, 0.29) is 11.7 Å². The van der Waals surface area contributed by atoms with E-state index in [0.717, 1.165) is 5.69 Å². The van der Waals surface area contributed by atoms with Crippen molar-refractivity contribution in [1.82, 2.24) is 19.7 Å². The van der Waals surface area contributed by atoms with Crippen molar-refractivity contribution in [1.29, 1.82) is 0 Å². The molecule has 0 aliphatic heterocycles. The van der Waals surface area contributed by atoms with Crippen LogP contribution >= 0.6 is 11.8 Å². The Kier molecular flexibility index (Phi) is 3.71. The maximum atomic E-state index is 11.5. The number of nitrogens with two attached hydrogens (primary N) is 1. The minimum Gasteiger partial charge on any atom is -0.399 e. The van der Waals surface area contributed by atoms with Gasteiger partial charge in [0.05, 0.1) is 5.69 Å². The zero-order valence-electron chi connectivity index (χ0n) is 10.3. The van der Waals surface area contributed by atoms with Gasteiger partial charge in [0.25, 0.3) is 0 Å². The van der Waals surface area contributed by atoms with E-state index >= 15 is 0 Å². The third-order valence-electron chi connectivity index (χ3n) is 2.38. The van der Waals surface area contributed by atoms with Gasteiger partial charge < -0.3 is 5.73 Å². The van der Waals surface area contributed by atoms with E-state index in [9.17, 15) is 4.79 Å². The highest BCUT2D eigenvalue weighted by Crippen LogP contribution is 2.21. The number of anilines is 1. The number of thioether (sulfide) groups is 1. The molecule has 0 bridgehead atoms. The van der Waals surface area contributed by atoms with Crippen LogP contribution in [0.25, 0.3) is 0 Å². The largest absolute Gasteiger partial charge is 0.399 e. The molecule has 0 atom stereocenters. The fourth-order valence-electron chi connectivity index (χ4n) is 1.56. The van der Waals surface area contributed by atoms with Crippen LogP contribution in [0.5, 0.6) is 0 Å². The molecule has 0 saturated heterocycles. The summed E-state index contributed by atoms with van der Waals surface area (Å²) in [6, 6.07) is 3.64. The number of nitrogen functional groups attached to an aromatic ring is 1. The molecule has 0 saturated carbocycles. The van der Waals surface area contributed by atoms with Gasteiger partial charge in [0.1, 0.15) is 0 Å². The molecule has 0 unspecified atom stereocenters. The molecule has 0 aliphatic carbocycles. The van der Waals surface area contributed by atoms with Crippen LogP contribution < -0.4 is 11.4 Å². The van der Waals surface area contributed by atoms with Crippen LogP contribution in [-0.2, 0) is 5.75 Å². The molecule has 18 heavy (non-hydrogen) atoms. The van der Waals surface area contributed by atoms with Crippen LogP contribution in [0.1, 0.15) is 25.6 Å². The first-order chi connectivity index (χ1) is 8.58. The van der Waals surface area contributed by atoms with Gasteiger partial charge in [-0.3, -0.25) is 9.55 Å². The lowest BCUT2D eigenvalue weighted by Gasteiger charge is -2.08. The second-order valence-electron chi connectivity index (χ2n) is 4.14. The van der Waals surface area contributed by atoms with Gasteiger partial charge in [-0.05, 0) is 26.0 Å². The maximum Gasteiger partial charge on any atom is 0.344 e. The van der Waals surface area contributed by atoms with Crippen LogP contribution in [0.4, 0.5) is 5.69 Å². The normalized spacial score (nSPS) is 11.1. The molecule has 0 aromatic carbocycles. The summed E-state index contributed by atoms with van der Waals surface area (Å²) in [5.41, 5.74) is 7.05. The SMILES string of the molecule is CC(C)n1c(SCc2cc(N)ccn2)n[nH]c1=O. The summed E-state index contributed by atoms with van der Waals surface area (Å²) in [4.78, 5) is 15.8. The van der Waals surface area contributed by atoms with Gasteiger partial charge in [-0.15, -0.1) is 5.10 Å². The Morgan fingerprint density at radius 3 is 3.00 bits per heavy atom. The first-order valence-electron chi connectivity index (χ1n) is 5.58. The fourth-order valence-corrected chi connectivity index (χ4v) is 2.54. The van der Waals surface area contributed by atoms with Crippen LogP contribution in [0.3, 0.4) is 0 Å². The highest BCUT2D eigenvalue weighted by molar-refractivity contribution is 7.98. The molecular weight excluding hydrogens is 250 g/mol. The molecule has 2 aromatic rings. The van der Waals surface area contributed by atoms with Gasteiger partial charge in [0.15, 0.2) is 5.16 Å². The lowest BCUT2D eigenvalue weighted by atomic mass is 10.3. The Balaban J connectivity index is 2.14. The van der Waals surface area contributed by atoms with Crippen LogP contribution in [0, 0.1) is 0 Å². The number of aromatic amines is 1. The van der Waals surface area contributed by atoms with Crippen molar-refractivity contribution in [2.24, 2.45) is 0 Å². The van der Waals surface area contributed by atoms with Crippen LogP contribution in [0.15, 0.2) is 28.3 Å². The summed E-state index contributed by atoms with van der Waals surface area (Å²) in [5.74, 6) is 0.627. The fraction of sp³-hybridized carbons (Fsp3) is 0.364. The van der Waals surface area contributed by atoms with Crippen LogP contribution in [0.2, 0.25) is 0 Å². The number of hydrogen-bond acceptors (Lipinski definition) is 5. The van der Waals surface area contributed by atoms with E-state index in [2.05, 4.69) is 15.2 Å². The van der Waals surface area contributed by atoms with E-state index in [0.29, 0.717) is 16.6 Å². The third kappa shape index (κ3) is 2.73. The topological polar surface area (TPSA) is 89.6 Å². The minimum atomic E-state index is -0.187. The standard InChI is InChI=1S/C11H15N5OS/c1-7(2)16-10(17)14-15-11(16)18-6-9-5-8(12)3-4-13-9/h3-5,7H,6H2,1-2H3,(H2,12,13)(H,14,17). The molecule has 0 aliphatic rings. The van der Waals surface area contributed by atoms with E-state index in [4.69, 9.17) is 5.73 Å². The van der Waals surface area contributed by atoms with E-state index in [1.165, 1.54) is 11.8 Å². The Hall–Kier alpha value is -1.76. The van der Waals surface area contributed by atoms with E-state index in [1.807, 2.05) is 19.9 Å². The lowest BCUT2D eigenvalue weighted by molar-refractivity contribution is 0.534. The molecule has 7 heteroatoms. The molecule has 0 radical (unpaired) electrons.